The Morgan fingerprint density at radius 2 is 2.04 bits per heavy atom. The van der Waals surface area contributed by atoms with E-state index in [2.05, 4.69) is 4.74 Å². The third-order valence-electron chi connectivity index (χ3n) is 3.56. The van der Waals surface area contributed by atoms with Crippen molar-refractivity contribution in [1.82, 2.24) is 4.90 Å². The van der Waals surface area contributed by atoms with E-state index in [9.17, 15) is 9.59 Å². The molecule has 6 nitrogen and oxygen atoms in total. The van der Waals surface area contributed by atoms with E-state index in [4.69, 9.17) is 9.15 Å². The molecule has 0 aliphatic rings. The normalized spacial score (nSPS) is 10.6. The third-order valence-corrected chi connectivity index (χ3v) is 3.56. The minimum Gasteiger partial charge on any atom is -0.497 e. The molecule has 0 spiro atoms. The molecule has 0 saturated carbocycles. The molecule has 0 saturated heterocycles. The fraction of sp³-hybridized carbons (Fsp3) is 0.263. The van der Waals surface area contributed by atoms with E-state index >= 15 is 0 Å². The van der Waals surface area contributed by atoms with Gasteiger partial charge in [-0.3, -0.25) is 9.59 Å². The molecule has 132 valence electrons. The first-order chi connectivity index (χ1) is 12.1. The van der Waals surface area contributed by atoms with E-state index in [0.717, 1.165) is 5.56 Å². The second-order valence-corrected chi connectivity index (χ2v) is 5.28. The number of benzene rings is 1. The zero-order valence-electron chi connectivity index (χ0n) is 14.3. The third kappa shape index (κ3) is 5.84. The quantitative estimate of drug-likeness (QED) is 0.544. The van der Waals surface area contributed by atoms with E-state index < -0.39 is 0 Å². The molecular weight excluding hydrogens is 322 g/mol. The van der Waals surface area contributed by atoms with Crippen LogP contribution in [0.1, 0.15) is 17.7 Å². The number of nitrogens with zero attached hydrogens (tertiary/aromatic N) is 1. The molecule has 0 bridgehead atoms. The van der Waals surface area contributed by atoms with Crippen molar-refractivity contribution in [2.45, 2.75) is 13.0 Å². The smallest absolute Gasteiger partial charge is 0.307 e. The first-order valence-corrected chi connectivity index (χ1v) is 7.82. The summed E-state index contributed by atoms with van der Waals surface area (Å²) in [6, 6.07) is 10.9. The Morgan fingerprint density at radius 3 is 2.72 bits per heavy atom. The zero-order chi connectivity index (χ0) is 18.1. The van der Waals surface area contributed by atoms with E-state index in [1.165, 1.54) is 18.1 Å². The van der Waals surface area contributed by atoms with Crippen LogP contribution in [-0.4, -0.2) is 37.5 Å². The molecule has 0 aliphatic heterocycles. The Labute approximate surface area is 146 Å². The number of carbonyl (C=O) groups excluding carboxylic acids is 2. The van der Waals surface area contributed by atoms with Gasteiger partial charge in [0, 0.05) is 12.6 Å². The molecular formula is C19H21NO5. The number of hydrogen-bond acceptors (Lipinski definition) is 5. The molecule has 1 amide bonds. The van der Waals surface area contributed by atoms with E-state index in [-0.39, 0.29) is 31.4 Å². The predicted octanol–water partition coefficient (Wildman–Crippen LogP) is 2.89. The number of amides is 1. The monoisotopic (exact) mass is 343 g/mol. The Balaban J connectivity index is 2.07. The summed E-state index contributed by atoms with van der Waals surface area (Å²) in [6.45, 7) is 0.528. The second kappa shape index (κ2) is 9.32. The number of hydrogen-bond donors (Lipinski definition) is 0. The van der Waals surface area contributed by atoms with Crippen molar-refractivity contribution in [1.29, 1.82) is 0 Å². The van der Waals surface area contributed by atoms with Crippen LogP contribution in [0.4, 0.5) is 0 Å². The summed E-state index contributed by atoms with van der Waals surface area (Å²) in [5.74, 6) is 0.776. The van der Waals surface area contributed by atoms with Crippen molar-refractivity contribution in [2.24, 2.45) is 0 Å². The molecule has 1 aromatic carbocycles. The van der Waals surface area contributed by atoms with Gasteiger partial charge in [-0.15, -0.1) is 0 Å². The van der Waals surface area contributed by atoms with Gasteiger partial charge in [0.2, 0.25) is 5.91 Å². The molecule has 25 heavy (non-hydrogen) atoms. The lowest BCUT2D eigenvalue weighted by molar-refractivity contribution is -0.141. The molecule has 2 aromatic rings. The summed E-state index contributed by atoms with van der Waals surface area (Å²) in [5, 5.41) is 0. The highest BCUT2D eigenvalue weighted by Gasteiger charge is 2.15. The summed E-state index contributed by atoms with van der Waals surface area (Å²) in [6.07, 6.45) is 4.84. The highest BCUT2D eigenvalue weighted by Crippen LogP contribution is 2.14. The maximum Gasteiger partial charge on any atom is 0.307 e. The highest BCUT2D eigenvalue weighted by molar-refractivity contribution is 5.92. The van der Waals surface area contributed by atoms with Gasteiger partial charge in [0.25, 0.3) is 0 Å². The summed E-state index contributed by atoms with van der Waals surface area (Å²) in [5.41, 5.74) is 0.846. The lowest BCUT2D eigenvalue weighted by atomic mass is 10.2. The van der Waals surface area contributed by atoms with E-state index in [0.29, 0.717) is 11.5 Å². The average Bonchev–Trinajstić information content (AvgIpc) is 3.16. The van der Waals surface area contributed by atoms with Gasteiger partial charge in [0.05, 0.1) is 33.4 Å². The standard InChI is InChI=1S/C19H21NO5/c1-23-16-6-3-5-15(13-16)8-9-18(21)20(11-10-19(22)24-2)14-17-7-4-12-25-17/h3-9,12-13H,10-11,14H2,1-2H3/b9-8+. The Morgan fingerprint density at radius 1 is 1.20 bits per heavy atom. The number of esters is 1. The van der Waals surface area contributed by atoms with Gasteiger partial charge in [0.1, 0.15) is 11.5 Å². The molecule has 1 heterocycles. The first kappa shape index (κ1) is 18.3. The van der Waals surface area contributed by atoms with Gasteiger partial charge in [-0.1, -0.05) is 12.1 Å². The Bertz CT molecular complexity index is 721. The number of ether oxygens (including phenoxy) is 2. The van der Waals surface area contributed by atoms with Crippen LogP contribution in [0.2, 0.25) is 0 Å². The molecule has 0 atom stereocenters. The molecule has 1 aromatic heterocycles. The molecule has 0 N–H and O–H groups in total. The average molecular weight is 343 g/mol. The number of furan rings is 1. The molecule has 2 rings (SSSR count). The van der Waals surface area contributed by atoms with Crippen LogP contribution < -0.4 is 4.74 Å². The van der Waals surface area contributed by atoms with Gasteiger partial charge in [-0.25, -0.2) is 0 Å². The SMILES string of the molecule is COC(=O)CCN(Cc1ccco1)C(=O)/C=C/c1cccc(OC)c1. The first-order valence-electron chi connectivity index (χ1n) is 7.82. The number of rotatable bonds is 8. The second-order valence-electron chi connectivity index (χ2n) is 5.28. The minimum absolute atomic E-state index is 0.121. The van der Waals surface area contributed by atoms with Gasteiger partial charge in [-0.05, 0) is 35.9 Å². The molecule has 6 heteroatoms. The van der Waals surface area contributed by atoms with E-state index in [1.807, 2.05) is 24.3 Å². The lowest BCUT2D eigenvalue weighted by Crippen LogP contribution is -2.31. The summed E-state index contributed by atoms with van der Waals surface area (Å²) >= 11 is 0. The van der Waals surface area contributed by atoms with Crippen molar-refractivity contribution < 1.29 is 23.5 Å². The van der Waals surface area contributed by atoms with Gasteiger partial charge in [-0.2, -0.15) is 0 Å². The van der Waals surface area contributed by atoms with Crippen LogP contribution >= 0.6 is 0 Å². The molecule has 0 fully saturated rings. The highest BCUT2D eigenvalue weighted by atomic mass is 16.5. The minimum atomic E-state index is -0.367. The number of carbonyl (C=O) groups is 2. The largest absolute Gasteiger partial charge is 0.497 e. The topological polar surface area (TPSA) is 69.0 Å². The Kier molecular flexibility index (Phi) is 6.83. The fourth-order valence-electron chi connectivity index (χ4n) is 2.20. The van der Waals surface area contributed by atoms with E-state index in [1.54, 1.807) is 31.6 Å². The summed E-state index contributed by atoms with van der Waals surface area (Å²) in [7, 11) is 2.91. The lowest BCUT2D eigenvalue weighted by Gasteiger charge is -2.19. The maximum absolute atomic E-state index is 12.5. The van der Waals surface area contributed by atoms with Crippen molar-refractivity contribution in [3.8, 4) is 5.75 Å². The molecule has 0 aliphatic carbocycles. The van der Waals surface area contributed by atoms with Crippen molar-refractivity contribution in [2.75, 3.05) is 20.8 Å². The summed E-state index contributed by atoms with van der Waals surface area (Å²) in [4.78, 5) is 25.4. The predicted molar refractivity (Wildman–Crippen MR) is 92.8 cm³/mol. The summed E-state index contributed by atoms with van der Waals surface area (Å²) < 4.78 is 15.1. The zero-order valence-corrected chi connectivity index (χ0v) is 14.3. The maximum atomic E-state index is 12.5. The van der Waals surface area contributed by atoms with Gasteiger partial charge >= 0.3 is 5.97 Å². The van der Waals surface area contributed by atoms with Crippen molar-refractivity contribution in [3.63, 3.8) is 0 Å². The molecule has 0 unspecified atom stereocenters. The van der Waals surface area contributed by atoms with Crippen LogP contribution in [0.5, 0.6) is 5.75 Å². The number of methoxy groups -OCH3 is 2. The Hall–Kier alpha value is -3.02. The van der Waals surface area contributed by atoms with Crippen LogP contribution in [-0.2, 0) is 20.9 Å². The fourth-order valence-corrected chi connectivity index (χ4v) is 2.20. The van der Waals surface area contributed by atoms with Gasteiger partial charge in [0.15, 0.2) is 0 Å². The van der Waals surface area contributed by atoms with Crippen molar-refractivity contribution in [3.05, 3.63) is 60.1 Å². The molecule has 0 radical (unpaired) electrons. The van der Waals surface area contributed by atoms with Crippen LogP contribution in [0.15, 0.2) is 53.2 Å². The van der Waals surface area contributed by atoms with Crippen LogP contribution in [0.3, 0.4) is 0 Å². The van der Waals surface area contributed by atoms with Gasteiger partial charge < -0.3 is 18.8 Å². The van der Waals surface area contributed by atoms with Crippen LogP contribution in [0.25, 0.3) is 6.08 Å². The van der Waals surface area contributed by atoms with Crippen LogP contribution in [0, 0.1) is 0 Å². The van der Waals surface area contributed by atoms with Crippen molar-refractivity contribution >= 4 is 18.0 Å².